The molecule has 0 radical (unpaired) electrons. The molecule has 1 aromatic heterocycles. The van der Waals surface area contributed by atoms with Crippen molar-refractivity contribution in [3.05, 3.63) is 17.3 Å². The van der Waals surface area contributed by atoms with Gasteiger partial charge in [0.1, 0.15) is 5.69 Å². The second-order valence-corrected chi connectivity index (χ2v) is 3.25. The molecule has 1 aliphatic rings. The van der Waals surface area contributed by atoms with E-state index in [2.05, 4.69) is 9.72 Å². The van der Waals surface area contributed by atoms with Crippen molar-refractivity contribution < 1.29 is 19.1 Å². The van der Waals surface area contributed by atoms with Crippen LogP contribution in [-0.2, 0) is 11.3 Å². The van der Waals surface area contributed by atoms with E-state index in [-0.39, 0.29) is 18.1 Å². The van der Waals surface area contributed by atoms with Crippen LogP contribution in [0.3, 0.4) is 0 Å². The molecule has 76 valence electrons. The van der Waals surface area contributed by atoms with E-state index in [1.807, 2.05) is 0 Å². The molecular weight excluding hydrogens is 186 g/mol. The Morgan fingerprint density at radius 3 is 2.93 bits per heavy atom. The highest BCUT2D eigenvalue weighted by Gasteiger charge is 2.31. The van der Waals surface area contributed by atoms with Gasteiger partial charge in [-0.2, -0.15) is 0 Å². The molecule has 0 bridgehead atoms. The Kier molecular flexibility index (Phi) is 2.25. The fraction of sp³-hybridized carbons (Fsp3) is 0.556. The van der Waals surface area contributed by atoms with E-state index in [0.29, 0.717) is 11.8 Å². The summed E-state index contributed by atoms with van der Waals surface area (Å²) >= 11 is 0. The molecule has 1 heterocycles. The van der Waals surface area contributed by atoms with Crippen LogP contribution in [0.15, 0.2) is 4.42 Å². The van der Waals surface area contributed by atoms with Crippen molar-refractivity contribution in [2.24, 2.45) is 0 Å². The number of hydrogen-bond acceptors (Lipinski definition) is 5. The summed E-state index contributed by atoms with van der Waals surface area (Å²) in [5.41, 5.74) is 0.263. The fourth-order valence-corrected chi connectivity index (χ4v) is 1.23. The van der Waals surface area contributed by atoms with E-state index in [0.717, 1.165) is 12.8 Å². The van der Waals surface area contributed by atoms with E-state index in [1.165, 1.54) is 7.11 Å². The maximum atomic E-state index is 11.2. The van der Waals surface area contributed by atoms with Gasteiger partial charge in [-0.3, -0.25) is 0 Å². The molecule has 0 saturated heterocycles. The number of carbonyl (C=O) groups is 1. The second kappa shape index (κ2) is 3.42. The standard InChI is InChI=1S/C9H11NO4/c1-13-9(12)7-6(4-11)10-8(14-7)5-2-3-5/h5,11H,2-4H2,1H3. The molecule has 0 spiro atoms. The van der Waals surface area contributed by atoms with E-state index >= 15 is 0 Å². The van der Waals surface area contributed by atoms with Crippen molar-refractivity contribution in [2.75, 3.05) is 7.11 Å². The lowest BCUT2D eigenvalue weighted by Gasteiger charge is -1.94. The van der Waals surface area contributed by atoms with E-state index in [4.69, 9.17) is 9.52 Å². The van der Waals surface area contributed by atoms with Crippen molar-refractivity contribution in [1.82, 2.24) is 4.98 Å². The average Bonchev–Trinajstić information content (AvgIpc) is 2.97. The van der Waals surface area contributed by atoms with Crippen LogP contribution in [0.4, 0.5) is 0 Å². The molecular formula is C9H11NO4. The van der Waals surface area contributed by atoms with Gasteiger partial charge < -0.3 is 14.3 Å². The summed E-state index contributed by atoms with van der Waals surface area (Å²) in [5.74, 6) is 0.290. The van der Waals surface area contributed by atoms with Crippen LogP contribution in [0, 0.1) is 0 Å². The number of oxazole rings is 1. The van der Waals surface area contributed by atoms with E-state index in [9.17, 15) is 4.79 Å². The number of aliphatic hydroxyl groups is 1. The van der Waals surface area contributed by atoms with Crippen LogP contribution in [0.2, 0.25) is 0 Å². The molecule has 0 atom stereocenters. The number of methoxy groups -OCH3 is 1. The molecule has 0 aromatic carbocycles. The summed E-state index contributed by atoms with van der Waals surface area (Å²) in [6.07, 6.45) is 2.07. The number of aliphatic hydroxyl groups excluding tert-OH is 1. The lowest BCUT2D eigenvalue weighted by Crippen LogP contribution is -2.03. The maximum absolute atomic E-state index is 11.2. The van der Waals surface area contributed by atoms with Crippen LogP contribution in [-0.4, -0.2) is 23.2 Å². The Morgan fingerprint density at radius 2 is 2.43 bits per heavy atom. The Balaban J connectivity index is 2.31. The van der Waals surface area contributed by atoms with Crippen molar-refractivity contribution in [3.8, 4) is 0 Å². The summed E-state index contributed by atoms with van der Waals surface area (Å²) in [4.78, 5) is 15.2. The molecule has 0 amide bonds. The Morgan fingerprint density at radius 1 is 1.71 bits per heavy atom. The number of esters is 1. The largest absolute Gasteiger partial charge is 0.463 e. The monoisotopic (exact) mass is 197 g/mol. The highest BCUT2D eigenvalue weighted by atomic mass is 16.5. The number of hydrogen-bond donors (Lipinski definition) is 1. The predicted molar refractivity (Wildman–Crippen MR) is 45.7 cm³/mol. The van der Waals surface area contributed by atoms with Crippen molar-refractivity contribution >= 4 is 5.97 Å². The molecule has 2 rings (SSSR count). The first kappa shape index (κ1) is 9.21. The van der Waals surface area contributed by atoms with Gasteiger partial charge in [0.05, 0.1) is 13.7 Å². The maximum Gasteiger partial charge on any atom is 0.376 e. The van der Waals surface area contributed by atoms with Crippen molar-refractivity contribution in [3.63, 3.8) is 0 Å². The quantitative estimate of drug-likeness (QED) is 0.726. The number of carbonyl (C=O) groups excluding carboxylic acids is 1. The zero-order valence-corrected chi connectivity index (χ0v) is 7.82. The minimum atomic E-state index is -0.589. The minimum absolute atomic E-state index is 0.0249. The highest BCUT2D eigenvalue weighted by molar-refractivity contribution is 5.87. The van der Waals surface area contributed by atoms with Crippen LogP contribution < -0.4 is 0 Å². The van der Waals surface area contributed by atoms with E-state index < -0.39 is 5.97 Å². The number of nitrogens with zero attached hydrogens (tertiary/aromatic N) is 1. The molecule has 1 aromatic rings. The third-order valence-electron chi connectivity index (χ3n) is 2.16. The van der Waals surface area contributed by atoms with Gasteiger partial charge in [-0.1, -0.05) is 0 Å². The summed E-state index contributed by atoms with van der Waals surface area (Å²) in [6.45, 7) is -0.305. The average molecular weight is 197 g/mol. The zero-order valence-electron chi connectivity index (χ0n) is 7.82. The lowest BCUT2D eigenvalue weighted by atomic mass is 10.3. The number of rotatable bonds is 3. The summed E-state index contributed by atoms with van der Waals surface area (Å²) in [7, 11) is 1.27. The molecule has 1 saturated carbocycles. The fourth-order valence-electron chi connectivity index (χ4n) is 1.23. The van der Waals surface area contributed by atoms with Gasteiger partial charge in [0.15, 0.2) is 5.89 Å². The van der Waals surface area contributed by atoms with E-state index in [1.54, 1.807) is 0 Å². The number of ether oxygens (including phenoxy) is 1. The Labute approximate surface area is 80.7 Å². The Hall–Kier alpha value is -1.36. The van der Waals surface area contributed by atoms with Crippen LogP contribution in [0.5, 0.6) is 0 Å². The summed E-state index contributed by atoms with van der Waals surface area (Å²) in [5, 5.41) is 8.95. The number of aromatic nitrogens is 1. The first-order valence-electron chi connectivity index (χ1n) is 4.45. The molecule has 1 N–H and O–H groups in total. The van der Waals surface area contributed by atoms with Gasteiger partial charge in [-0.25, -0.2) is 9.78 Å². The minimum Gasteiger partial charge on any atom is -0.463 e. The van der Waals surface area contributed by atoms with Crippen LogP contribution in [0.25, 0.3) is 0 Å². The van der Waals surface area contributed by atoms with Gasteiger partial charge in [0.2, 0.25) is 5.76 Å². The molecule has 1 fully saturated rings. The van der Waals surface area contributed by atoms with Gasteiger partial charge in [-0.15, -0.1) is 0 Å². The predicted octanol–water partition coefficient (Wildman–Crippen LogP) is 0.831. The van der Waals surface area contributed by atoms with Gasteiger partial charge in [0, 0.05) is 5.92 Å². The molecule has 5 nitrogen and oxygen atoms in total. The molecule has 0 unspecified atom stereocenters. The van der Waals surface area contributed by atoms with Crippen molar-refractivity contribution in [2.45, 2.75) is 25.4 Å². The normalized spacial score (nSPS) is 15.6. The molecule has 1 aliphatic carbocycles. The topological polar surface area (TPSA) is 72.6 Å². The second-order valence-electron chi connectivity index (χ2n) is 3.25. The highest BCUT2D eigenvalue weighted by Crippen LogP contribution is 2.40. The zero-order chi connectivity index (χ0) is 10.1. The third-order valence-corrected chi connectivity index (χ3v) is 2.16. The third kappa shape index (κ3) is 1.50. The van der Waals surface area contributed by atoms with Gasteiger partial charge >= 0.3 is 5.97 Å². The van der Waals surface area contributed by atoms with Gasteiger partial charge in [-0.05, 0) is 12.8 Å². The Bertz CT molecular complexity index is 354. The SMILES string of the molecule is COC(=O)c1oc(C2CC2)nc1CO. The summed E-state index contributed by atoms with van der Waals surface area (Å²) in [6, 6.07) is 0. The first-order chi connectivity index (χ1) is 6.76. The first-order valence-corrected chi connectivity index (χ1v) is 4.45. The smallest absolute Gasteiger partial charge is 0.376 e. The van der Waals surface area contributed by atoms with Crippen LogP contribution in [0.1, 0.15) is 40.9 Å². The van der Waals surface area contributed by atoms with Crippen LogP contribution >= 0.6 is 0 Å². The molecule has 14 heavy (non-hydrogen) atoms. The lowest BCUT2D eigenvalue weighted by molar-refractivity contribution is 0.0558. The van der Waals surface area contributed by atoms with Gasteiger partial charge in [0.25, 0.3) is 0 Å². The summed E-state index contributed by atoms with van der Waals surface area (Å²) < 4.78 is 9.75. The molecule has 5 heteroatoms. The molecule has 0 aliphatic heterocycles. The van der Waals surface area contributed by atoms with Crippen molar-refractivity contribution in [1.29, 1.82) is 0 Å².